The second kappa shape index (κ2) is 9.15. The largest absolute Gasteiger partial charge is 0.759 e. The molecule has 1 aliphatic rings. The quantitative estimate of drug-likeness (QED) is 0.458. The maximum Gasteiger partial charge on any atom is 0.104 e. The van der Waals surface area contributed by atoms with Gasteiger partial charge in [-0.15, -0.1) is 0 Å². The monoisotopic (exact) mass is 337 g/mol. The molecular formula is C8H23N3O7S2. The molecular weight excluding hydrogens is 314 g/mol. The second-order valence-corrected chi connectivity index (χ2v) is 6.18. The Labute approximate surface area is 119 Å². The molecule has 0 saturated carbocycles. The SMILES string of the molecule is CC1C=CC=CC1(C)S(=O)(=O)[O-].O=S(=O)([O-])[O-].[NH4+].[NH4+].[NH4+]. The number of rotatable bonds is 1. The van der Waals surface area contributed by atoms with E-state index in [0.29, 0.717) is 0 Å². The summed E-state index contributed by atoms with van der Waals surface area (Å²) in [6.07, 6.45) is 6.50. The zero-order chi connectivity index (χ0) is 13.9. The molecule has 0 spiro atoms. The Balaban J connectivity index is -0.000000141. The van der Waals surface area contributed by atoms with Gasteiger partial charge in [0.1, 0.15) is 10.1 Å². The van der Waals surface area contributed by atoms with Crippen molar-refractivity contribution in [3.8, 4) is 0 Å². The zero-order valence-electron chi connectivity index (χ0n) is 12.1. The molecule has 12 N–H and O–H groups in total. The van der Waals surface area contributed by atoms with Gasteiger partial charge in [-0.3, -0.25) is 8.42 Å². The van der Waals surface area contributed by atoms with Gasteiger partial charge < -0.3 is 32.1 Å². The van der Waals surface area contributed by atoms with E-state index < -0.39 is 25.3 Å². The molecule has 0 aromatic heterocycles. The second-order valence-electron chi connectivity index (χ2n) is 3.58. The molecule has 0 saturated heterocycles. The minimum absolute atomic E-state index is 0. The Bertz CT molecular complexity index is 518. The fourth-order valence-corrected chi connectivity index (χ4v) is 1.91. The molecule has 12 heteroatoms. The maximum atomic E-state index is 10.9. The first kappa shape index (κ1) is 27.5. The van der Waals surface area contributed by atoms with E-state index in [9.17, 15) is 13.0 Å². The fraction of sp³-hybridized carbons (Fsp3) is 0.500. The van der Waals surface area contributed by atoms with Crippen molar-refractivity contribution in [3.05, 3.63) is 24.3 Å². The van der Waals surface area contributed by atoms with E-state index in [-0.39, 0.29) is 24.4 Å². The van der Waals surface area contributed by atoms with Crippen molar-refractivity contribution in [3.63, 3.8) is 0 Å². The van der Waals surface area contributed by atoms with E-state index in [2.05, 4.69) is 0 Å². The molecule has 0 fully saturated rings. The van der Waals surface area contributed by atoms with Crippen molar-refractivity contribution in [2.24, 2.45) is 5.92 Å². The van der Waals surface area contributed by atoms with E-state index in [1.54, 1.807) is 25.2 Å². The van der Waals surface area contributed by atoms with Gasteiger partial charge in [0.15, 0.2) is 0 Å². The van der Waals surface area contributed by atoms with Crippen LogP contribution >= 0.6 is 0 Å². The van der Waals surface area contributed by atoms with E-state index in [4.69, 9.17) is 17.5 Å². The first-order valence-corrected chi connectivity index (χ1v) is 7.10. The Hall–Kier alpha value is -0.860. The average molecular weight is 337 g/mol. The van der Waals surface area contributed by atoms with Crippen LogP contribution in [-0.2, 0) is 20.5 Å². The lowest BCUT2D eigenvalue weighted by Crippen LogP contribution is -2.39. The van der Waals surface area contributed by atoms with E-state index in [1.807, 2.05) is 0 Å². The minimum atomic E-state index is -5.17. The lowest BCUT2D eigenvalue weighted by Gasteiger charge is -2.35. The summed E-state index contributed by atoms with van der Waals surface area (Å²) in [6, 6.07) is 0. The molecule has 124 valence electrons. The molecule has 1 rings (SSSR count). The number of allylic oxidation sites excluding steroid dienone is 3. The molecule has 1 aliphatic carbocycles. The highest BCUT2D eigenvalue weighted by Crippen LogP contribution is 2.30. The third-order valence-electron chi connectivity index (χ3n) is 2.38. The van der Waals surface area contributed by atoms with Gasteiger partial charge in [-0.25, -0.2) is 8.42 Å². The van der Waals surface area contributed by atoms with Gasteiger partial charge in [0.25, 0.3) is 0 Å². The predicted molar refractivity (Wildman–Crippen MR) is 74.0 cm³/mol. The fourth-order valence-electron chi connectivity index (χ4n) is 1.13. The van der Waals surface area contributed by atoms with Crippen molar-refractivity contribution in [2.75, 3.05) is 0 Å². The van der Waals surface area contributed by atoms with Crippen molar-refractivity contribution >= 4 is 20.5 Å². The first-order chi connectivity index (χ1) is 7.38. The summed E-state index contributed by atoms with van der Waals surface area (Å²) in [5.41, 5.74) is 0. The van der Waals surface area contributed by atoms with Gasteiger partial charge in [-0.05, 0) is 12.8 Å². The lowest BCUT2D eigenvalue weighted by molar-refractivity contribution is 0.352. The van der Waals surface area contributed by atoms with Crippen LogP contribution in [0.3, 0.4) is 0 Å². The molecule has 0 aromatic rings. The third kappa shape index (κ3) is 9.11. The lowest BCUT2D eigenvalue weighted by atomic mass is 9.91. The summed E-state index contributed by atoms with van der Waals surface area (Å²) in [7, 11) is -9.43. The van der Waals surface area contributed by atoms with Crippen LogP contribution < -0.4 is 18.5 Å². The molecule has 0 radical (unpaired) electrons. The number of hydrogen-bond donors (Lipinski definition) is 3. The Kier molecular flexibility index (Phi) is 12.6. The van der Waals surface area contributed by atoms with Gasteiger partial charge >= 0.3 is 0 Å². The molecule has 0 heterocycles. The summed E-state index contributed by atoms with van der Waals surface area (Å²) in [5, 5.41) is 0. The standard InChI is InChI=1S/C8H12O3S.3H3N.H2O4S/c1-7-5-3-4-6-8(7,2)12(9,10)11;;;;1-5(2,3)4/h3-7H,1-2H3,(H,9,10,11);3*1H3;(H2,1,2,3,4). The van der Waals surface area contributed by atoms with Crippen LogP contribution in [0.5, 0.6) is 0 Å². The normalized spacial score (nSPS) is 24.1. The molecule has 0 aromatic carbocycles. The summed E-state index contributed by atoms with van der Waals surface area (Å²) in [6.45, 7) is 3.16. The van der Waals surface area contributed by atoms with Crippen LogP contribution in [0.1, 0.15) is 13.8 Å². The van der Waals surface area contributed by atoms with Crippen LogP contribution in [0.2, 0.25) is 0 Å². The molecule has 2 unspecified atom stereocenters. The molecule has 2 atom stereocenters. The zero-order valence-corrected chi connectivity index (χ0v) is 13.7. The molecule has 10 nitrogen and oxygen atoms in total. The highest BCUT2D eigenvalue weighted by Gasteiger charge is 2.34. The van der Waals surface area contributed by atoms with Crippen LogP contribution in [0.4, 0.5) is 0 Å². The molecule has 0 bridgehead atoms. The van der Waals surface area contributed by atoms with Gasteiger partial charge in [-0.1, -0.05) is 31.2 Å². The maximum absolute atomic E-state index is 10.9. The van der Waals surface area contributed by atoms with Crippen LogP contribution in [0, 0.1) is 5.92 Å². The van der Waals surface area contributed by atoms with E-state index >= 15 is 0 Å². The minimum Gasteiger partial charge on any atom is -0.759 e. The van der Waals surface area contributed by atoms with Gasteiger partial charge in [0.05, 0.1) is 4.75 Å². The van der Waals surface area contributed by atoms with E-state index in [1.165, 1.54) is 13.0 Å². The summed E-state index contributed by atoms with van der Waals surface area (Å²) >= 11 is 0. The number of hydrogen-bond acceptors (Lipinski definition) is 7. The van der Waals surface area contributed by atoms with Crippen molar-refractivity contribution in [1.29, 1.82) is 0 Å². The Morgan fingerprint density at radius 2 is 1.30 bits per heavy atom. The van der Waals surface area contributed by atoms with Gasteiger partial charge in [-0.2, -0.15) is 0 Å². The van der Waals surface area contributed by atoms with Crippen LogP contribution in [0.25, 0.3) is 0 Å². The van der Waals surface area contributed by atoms with Crippen molar-refractivity contribution in [2.45, 2.75) is 18.6 Å². The van der Waals surface area contributed by atoms with Gasteiger partial charge in [0.2, 0.25) is 0 Å². The molecule has 20 heavy (non-hydrogen) atoms. The highest BCUT2D eigenvalue weighted by molar-refractivity contribution is 7.87. The third-order valence-corrected chi connectivity index (χ3v) is 3.97. The Morgan fingerprint density at radius 3 is 1.50 bits per heavy atom. The Morgan fingerprint density at radius 1 is 0.950 bits per heavy atom. The summed E-state index contributed by atoms with van der Waals surface area (Å²) in [5.74, 6) is -0.259. The summed E-state index contributed by atoms with van der Waals surface area (Å²) in [4.78, 5) is 0. The smallest absolute Gasteiger partial charge is 0.104 e. The van der Waals surface area contributed by atoms with Crippen LogP contribution in [0.15, 0.2) is 24.3 Å². The highest BCUT2D eigenvalue weighted by atomic mass is 32.3. The van der Waals surface area contributed by atoms with Gasteiger partial charge in [0, 0.05) is 10.4 Å². The average Bonchev–Trinajstić information content (AvgIpc) is 2.05. The predicted octanol–water partition coefficient (Wildman–Crippen LogP) is 0.843. The summed E-state index contributed by atoms with van der Waals surface area (Å²) < 4.78 is 65.4. The number of quaternary nitrogens is 3. The molecule has 0 aliphatic heterocycles. The van der Waals surface area contributed by atoms with E-state index in [0.717, 1.165) is 0 Å². The van der Waals surface area contributed by atoms with Crippen molar-refractivity contribution in [1.82, 2.24) is 18.5 Å². The topological polar surface area (TPSA) is 247 Å². The molecule has 0 amide bonds. The van der Waals surface area contributed by atoms with Crippen LogP contribution in [-0.4, -0.2) is 35.2 Å². The first-order valence-electron chi connectivity index (χ1n) is 4.36. The van der Waals surface area contributed by atoms with Crippen molar-refractivity contribution < 1.29 is 30.5 Å².